The lowest BCUT2D eigenvalue weighted by molar-refractivity contribution is -0.171. The number of aryl methyl sites for hydroxylation is 2. The molecule has 7 heteroatoms. The van der Waals surface area contributed by atoms with Crippen molar-refractivity contribution in [1.29, 1.82) is 0 Å². The smallest absolute Gasteiger partial charge is 0.209 e. The molecule has 194 valence electrons. The summed E-state index contributed by atoms with van der Waals surface area (Å²) in [4.78, 5) is 40.1. The molecule has 0 bridgehead atoms. The number of benzene rings is 1. The van der Waals surface area contributed by atoms with Gasteiger partial charge in [0.1, 0.15) is 22.8 Å². The minimum Gasteiger partial charge on any atom is -0.511 e. The fraction of sp³-hybridized carbons (Fsp3) is 0.552. The summed E-state index contributed by atoms with van der Waals surface area (Å²) in [6.45, 7) is 12.1. The van der Waals surface area contributed by atoms with Crippen LogP contribution in [0.1, 0.15) is 81.9 Å². The van der Waals surface area contributed by atoms with Gasteiger partial charge in [0.2, 0.25) is 5.78 Å². The largest absolute Gasteiger partial charge is 0.511 e. The average molecular weight is 497 g/mol. The van der Waals surface area contributed by atoms with Crippen molar-refractivity contribution in [2.24, 2.45) is 22.7 Å². The maximum atomic E-state index is 14.0. The second-order valence-electron chi connectivity index (χ2n) is 11.6. The van der Waals surface area contributed by atoms with Gasteiger partial charge in [-0.15, -0.1) is 0 Å². The summed E-state index contributed by atoms with van der Waals surface area (Å²) in [5.41, 5.74) is -3.27. The summed E-state index contributed by atoms with van der Waals surface area (Å²) in [6.07, 6.45) is 1.56. The van der Waals surface area contributed by atoms with Gasteiger partial charge in [-0.05, 0) is 55.2 Å². The maximum absolute atomic E-state index is 14.0. The molecule has 1 aromatic rings. The van der Waals surface area contributed by atoms with Crippen molar-refractivity contribution >= 4 is 17.3 Å². The zero-order valence-corrected chi connectivity index (χ0v) is 22.1. The molecule has 3 aliphatic rings. The third-order valence-electron chi connectivity index (χ3n) is 8.94. The Kier molecular flexibility index (Phi) is 5.84. The predicted octanol–water partition coefficient (Wildman–Crippen LogP) is 4.47. The summed E-state index contributed by atoms with van der Waals surface area (Å²) in [6, 6.07) is 1.91. The first-order chi connectivity index (χ1) is 16.6. The van der Waals surface area contributed by atoms with Crippen LogP contribution in [-0.4, -0.2) is 43.4 Å². The normalized spacial score (nSPS) is 32.0. The molecule has 4 atom stereocenters. The lowest BCUT2D eigenvalue weighted by atomic mass is 9.44. The van der Waals surface area contributed by atoms with Crippen LogP contribution in [0.25, 0.3) is 0 Å². The van der Waals surface area contributed by atoms with Crippen molar-refractivity contribution in [3.05, 3.63) is 51.0 Å². The number of aliphatic hydroxyl groups excluding tert-OH is 2. The lowest BCUT2D eigenvalue weighted by Crippen LogP contribution is -2.67. The van der Waals surface area contributed by atoms with Gasteiger partial charge < -0.3 is 20.4 Å². The van der Waals surface area contributed by atoms with E-state index in [9.17, 15) is 34.8 Å². The molecule has 4 rings (SSSR count). The van der Waals surface area contributed by atoms with E-state index in [4.69, 9.17) is 0 Å². The monoisotopic (exact) mass is 496 g/mol. The molecule has 0 saturated carbocycles. The van der Waals surface area contributed by atoms with Crippen LogP contribution < -0.4 is 0 Å². The van der Waals surface area contributed by atoms with E-state index in [-0.39, 0.29) is 35.0 Å². The molecule has 0 aromatic heterocycles. The van der Waals surface area contributed by atoms with Gasteiger partial charge in [0.15, 0.2) is 17.2 Å². The molecule has 0 amide bonds. The van der Waals surface area contributed by atoms with Gasteiger partial charge in [-0.3, -0.25) is 14.4 Å². The second-order valence-corrected chi connectivity index (χ2v) is 11.6. The number of hydrogen-bond acceptors (Lipinski definition) is 7. The van der Waals surface area contributed by atoms with Crippen LogP contribution in [0.4, 0.5) is 0 Å². The number of carbonyl (C=O) groups excluding carboxylic acids is 3. The van der Waals surface area contributed by atoms with Gasteiger partial charge in [-0.25, -0.2) is 0 Å². The summed E-state index contributed by atoms with van der Waals surface area (Å²) < 4.78 is 0. The first-order valence-corrected chi connectivity index (χ1v) is 12.7. The summed E-state index contributed by atoms with van der Waals surface area (Å²) in [5, 5.41) is 45.9. The number of allylic oxidation sites excluding steroid dienone is 2. The third-order valence-corrected chi connectivity index (χ3v) is 8.94. The van der Waals surface area contributed by atoms with Crippen LogP contribution in [0.5, 0.6) is 5.75 Å². The fourth-order valence-corrected chi connectivity index (χ4v) is 7.52. The van der Waals surface area contributed by atoms with Gasteiger partial charge in [0.25, 0.3) is 0 Å². The van der Waals surface area contributed by atoms with Crippen molar-refractivity contribution in [1.82, 2.24) is 0 Å². The van der Waals surface area contributed by atoms with Crippen molar-refractivity contribution in [3.8, 4) is 5.75 Å². The zero-order chi connectivity index (χ0) is 27.1. The number of hydrogen-bond donors (Lipinski definition) is 4. The molecule has 0 spiro atoms. The fourth-order valence-electron chi connectivity index (χ4n) is 7.52. The minimum atomic E-state index is -2.58. The number of fused-ring (bicyclic) bond motifs is 3. The van der Waals surface area contributed by atoms with Crippen LogP contribution in [0.15, 0.2) is 28.7 Å². The number of rotatable bonds is 4. The van der Waals surface area contributed by atoms with Crippen LogP contribution >= 0.6 is 0 Å². The SMILES string of the molecule is CCc1cc(CC)c2c(c1O)C(=O)C1=C(O)[C@@]3(O)C(=O)C(C(C)=O)=C(O)C(C(C)C)[C@@]3(C)C[C@@]1(C)C2. The Balaban J connectivity index is 2.09. The Morgan fingerprint density at radius 2 is 1.67 bits per heavy atom. The summed E-state index contributed by atoms with van der Waals surface area (Å²) >= 11 is 0. The van der Waals surface area contributed by atoms with Crippen molar-refractivity contribution in [3.63, 3.8) is 0 Å². The Bertz CT molecular complexity index is 1280. The molecule has 7 nitrogen and oxygen atoms in total. The maximum Gasteiger partial charge on any atom is 0.209 e. The van der Waals surface area contributed by atoms with Gasteiger partial charge in [-0.2, -0.15) is 0 Å². The molecule has 0 aliphatic heterocycles. The summed E-state index contributed by atoms with van der Waals surface area (Å²) in [5.74, 6) is -4.86. The Morgan fingerprint density at radius 1 is 1.08 bits per heavy atom. The highest BCUT2D eigenvalue weighted by molar-refractivity contribution is 6.25. The topological polar surface area (TPSA) is 132 Å². The van der Waals surface area contributed by atoms with E-state index >= 15 is 0 Å². The van der Waals surface area contributed by atoms with E-state index in [1.807, 2.05) is 40.7 Å². The first kappa shape index (κ1) is 26.1. The number of aliphatic hydroxyl groups is 3. The Labute approximate surface area is 211 Å². The average Bonchev–Trinajstić information content (AvgIpc) is 2.76. The number of aromatic hydroxyl groups is 1. The highest BCUT2D eigenvalue weighted by Gasteiger charge is 2.71. The molecule has 36 heavy (non-hydrogen) atoms. The Morgan fingerprint density at radius 3 is 2.17 bits per heavy atom. The van der Waals surface area contributed by atoms with Crippen molar-refractivity contribution in [2.75, 3.05) is 0 Å². The van der Waals surface area contributed by atoms with Gasteiger partial charge >= 0.3 is 0 Å². The highest BCUT2D eigenvalue weighted by Crippen LogP contribution is 2.65. The van der Waals surface area contributed by atoms with E-state index in [1.54, 1.807) is 6.92 Å². The van der Waals surface area contributed by atoms with Crippen LogP contribution in [-0.2, 0) is 28.9 Å². The number of ketones is 3. The number of phenols is 1. The quantitative estimate of drug-likeness (QED) is 0.452. The molecule has 3 aliphatic carbocycles. The standard InChI is InChI=1S/C29H36O7/c1-8-15-10-16(9-2)22(31)19-17(15)11-27(6)12-28(7)20(13(3)4)23(32)18(14(5)30)25(34)29(28,36)26(35)21(27)24(19)33/h10,13,20,31-32,35-36H,8-9,11-12H2,1-7H3/t20?,27-,28-,29+/m1/s1. The van der Waals surface area contributed by atoms with Crippen molar-refractivity contribution in [2.45, 2.75) is 79.8 Å². The van der Waals surface area contributed by atoms with Crippen molar-refractivity contribution < 1.29 is 34.8 Å². The predicted molar refractivity (Wildman–Crippen MR) is 134 cm³/mol. The van der Waals surface area contributed by atoms with Gasteiger partial charge in [0.05, 0.1) is 5.56 Å². The molecule has 1 aromatic carbocycles. The first-order valence-electron chi connectivity index (χ1n) is 12.7. The van der Waals surface area contributed by atoms with E-state index in [0.29, 0.717) is 30.4 Å². The molecule has 0 fully saturated rings. The molecular weight excluding hydrogens is 460 g/mol. The number of carbonyl (C=O) groups is 3. The Hall–Kier alpha value is -2.93. The van der Waals surface area contributed by atoms with E-state index in [0.717, 1.165) is 12.5 Å². The van der Waals surface area contributed by atoms with E-state index in [1.165, 1.54) is 0 Å². The number of phenolic OH excluding ortho intramolecular Hbond substituents is 1. The van der Waals surface area contributed by atoms with Crippen LogP contribution in [0, 0.1) is 22.7 Å². The summed E-state index contributed by atoms with van der Waals surface area (Å²) in [7, 11) is 0. The number of Topliss-reactive ketones (excluding diaryl/α,β-unsaturated/α-hetero) is 3. The minimum absolute atomic E-state index is 0.102. The van der Waals surface area contributed by atoms with E-state index < -0.39 is 51.0 Å². The highest BCUT2D eigenvalue weighted by atomic mass is 16.3. The van der Waals surface area contributed by atoms with E-state index in [2.05, 4.69) is 0 Å². The molecule has 0 radical (unpaired) electrons. The molecule has 0 saturated heterocycles. The molecule has 0 heterocycles. The second kappa shape index (κ2) is 8.04. The van der Waals surface area contributed by atoms with Crippen LogP contribution in [0.2, 0.25) is 0 Å². The zero-order valence-electron chi connectivity index (χ0n) is 22.1. The third kappa shape index (κ3) is 2.98. The lowest BCUT2D eigenvalue weighted by Gasteiger charge is -2.59. The molecular formula is C29H36O7. The molecule has 1 unspecified atom stereocenters. The van der Waals surface area contributed by atoms with Gasteiger partial charge in [-0.1, -0.05) is 47.6 Å². The molecule has 4 N–H and O–H groups in total. The van der Waals surface area contributed by atoms with Crippen LogP contribution in [0.3, 0.4) is 0 Å². The van der Waals surface area contributed by atoms with Gasteiger partial charge in [0, 0.05) is 22.3 Å².